The van der Waals surface area contributed by atoms with Crippen LogP contribution in [0.5, 0.6) is 0 Å². The molecule has 3 heterocycles. The van der Waals surface area contributed by atoms with Crippen molar-refractivity contribution < 1.29 is 27.0 Å². The third-order valence-electron chi connectivity index (χ3n) is 4.40. The topological polar surface area (TPSA) is 127 Å². The Hall–Kier alpha value is -3.01. The smallest absolute Gasteiger partial charge is 0.378 e. The van der Waals surface area contributed by atoms with Gasteiger partial charge in [-0.1, -0.05) is 5.92 Å². The first-order valence-corrected chi connectivity index (χ1v) is 11.1. The van der Waals surface area contributed by atoms with Crippen molar-refractivity contribution in [1.29, 1.82) is 0 Å². The van der Waals surface area contributed by atoms with Crippen molar-refractivity contribution in [3.05, 3.63) is 35.9 Å². The van der Waals surface area contributed by atoms with Crippen molar-refractivity contribution in [2.45, 2.75) is 31.9 Å². The molecule has 166 valence electrons. The maximum atomic E-state index is 13.7. The van der Waals surface area contributed by atoms with Crippen LogP contribution in [0.4, 0.5) is 19.1 Å². The van der Waals surface area contributed by atoms with Crippen molar-refractivity contribution in [3.63, 3.8) is 0 Å². The summed E-state index contributed by atoms with van der Waals surface area (Å²) in [5.41, 5.74) is -0.458. The van der Waals surface area contributed by atoms with Crippen molar-refractivity contribution >= 4 is 26.4 Å². The molecule has 0 saturated heterocycles. The van der Waals surface area contributed by atoms with Gasteiger partial charge in [-0.2, -0.15) is 17.4 Å². The Bertz CT molecular complexity index is 1320. The number of hydrogen-bond acceptors (Lipinski definition) is 6. The number of pyridine rings is 1. The minimum Gasteiger partial charge on any atom is -0.378 e. The van der Waals surface area contributed by atoms with Gasteiger partial charge in [-0.05, 0) is 47.9 Å². The molecule has 0 aliphatic heterocycles. The number of nitrogens with two attached hydrogens (primary N) is 1. The largest absolute Gasteiger partial charge is 0.509 e. The van der Waals surface area contributed by atoms with Crippen LogP contribution in [-0.4, -0.2) is 50.2 Å². The van der Waals surface area contributed by atoms with Gasteiger partial charge in [-0.25, -0.2) is 18.9 Å². The fraction of sp³-hybridized carbons (Fsp3) is 0.316. The average molecular weight is 455 g/mol. The molecule has 0 spiro atoms. The molecule has 0 bridgehead atoms. The van der Waals surface area contributed by atoms with Gasteiger partial charge < -0.3 is 10.8 Å². The molecule has 0 saturated carbocycles. The zero-order valence-electron chi connectivity index (χ0n) is 17.0. The monoisotopic (exact) mass is 455 g/mol. The van der Waals surface area contributed by atoms with E-state index < -0.39 is 20.6 Å². The fourth-order valence-corrected chi connectivity index (χ4v) is 3.95. The van der Waals surface area contributed by atoms with Crippen LogP contribution in [0, 0.1) is 18.8 Å². The molecule has 31 heavy (non-hydrogen) atoms. The van der Waals surface area contributed by atoms with E-state index in [1.54, 1.807) is 6.92 Å². The molecule has 3 aromatic heterocycles. The number of anilines is 1. The lowest BCUT2D eigenvalue weighted by molar-refractivity contribution is -0.0544. The Morgan fingerprint density at radius 2 is 1.87 bits per heavy atom. The minimum atomic E-state index is -6.37. The van der Waals surface area contributed by atoms with Crippen molar-refractivity contribution in [3.8, 4) is 23.1 Å². The third kappa shape index (κ3) is 3.99. The summed E-state index contributed by atoms with van der Waals surface area (Å²) in [7, 11) is -6.37. The third-order valence-corrected chi connectivity index (χ3v) is 6.69. The van der Waals surface area contributed by atoms with Crippen LogP contribution in [0.2, 0.25) is 0 Å². The number of aromatic nitrogens is 4. The number of aryl methyl sites for hydroxylation is 1. The quantitative estimate of drug-likeness (QED) is 0.507. The first-order valence-electron chi connectivity index (χ1n) is 8.81. The summed E-state index contributed by atoms with van der Waals surface area (Å²) in [6.07, 6.45) is 3.54. The van der Waals surface area contributed by atoms with E-state index in [-0.39, 0.29) is 44.0 Å². The number of hydrogen-bond donors (Lipinski definition) is 3. The van der Waals surface area contributed by atoms with Gasteiger partial charge in [0.2, 0.25) is 5.95 Å². The number of nitrogens with zero attached hydrogens (tertiary/aromatic N) is 4. The van der Waals surface area contributed by atoms with Gasteiger partial charge in [-0.15, -0.1) is 0 Å². The minimum absolute atomic E-state index is 0.119. The highest BCUT2D eigenvalue weighted by atomic mass is 32.3. The van der Waals surface area contributed by atoms with Crippen LogP contribution < -0.4 is 5.73 Å². The molecular weight excluding hydrogens is 435 g/mol. The molecule has 0 atom stereocenters. The van der Waals surface area contributed by atoms with Crippen LogP contribution in [0.1, 0.15) is 25.1 Å². The van der Waals surface area contributed by atoms with Gasteiger partial charge in [0.1, 0.15) is 11.3 Å². The van der Waals surface area contributed by atoms with Crippen LogP contribution in [0.15, 0.2) is 24.7 Å². The second-order valence-corrected chi connectivity index (χ2v) is 11.0. The fourth-order valence-electron chi connectivity index (χ4n) is 2.77. The summed E-state index contributed by atoms with van der Waals surface area (Å²) in [4.78, 5) is 11.9. The number of alkyl halides is 3. The summed E-state index contributed by atoms with van der Waals surface area (Å²) in [6, 6.07) is 1.36. The standard InChI is InChI=1S/C19H20F3N5O3S/c1-11-8-25-17(23)26-16(11)14-10-27(31(4,29,30)19(20,21)22)15-9-24-12(7-13(14)15)5-6-18(2,3)28/h7-10,28H,1-4H3,(H,29,30)(H2,23,25,26). The van der Waals surface area contributed by atoms with E-state index in [1.807, 2.05) is 0 Å². The highest BCUT2D eigenvalue weighted by molar-refractivity contribution is 8.14. The molecule has 0 fully saturated rings. The molecular formula is C19H20F3N5O3S. The van der Waals surface area contributed by atoms with Gasteiger partial charge in [0.05, 0.1) is 23.7 Å². The van der Waals surface area contributed by atoms with Gasteiger partial charge >= 0.3 is 5.51 Å². The lowest BCUT2D eigenvalue weighted by Gasteiger charge is -2.41. The maximum Gasteiger partial charge on any atom is 0.509 e. The van der Waals surface area contributed by atoms with Crippen molar-refractivity contribution in [2.75, 3.05) is 12.0 Å². The van der Waals surface area contributed by atoms with E-state index in [0.717, 1.165) is 12.4 Å². The van der Waals surface area contributed by atoms with E-state index in [0.29, 0.717) is 5.56 Å². The Morgan fingerprint density at radius 1 is 1.23 bits per heavy atom. The molecule has 8 nitrogen and oxygen atoms in total. The first kappa shape index (κ1) is 22.7. The van der Waals surface area contributed by atoms with Crippen LogP contribution >= 0.6 is 0 Å². The van der Waals surface area contributed by atoms with E-state index in [9.17, 15) is 27.0 Å². The average Bonchev–Trinajstić information content (AvgIpc) is 3.00. The van der Waals surface area contributed by atoms with Crippen LogP contribution in [0.3, 0.4) is 0 Å². The molecule has 0 unspecified atom stereocenters. The molecule has 0 aliphatic rings. The van der Waals surface area contributed by atoms with Crippen LogP contribution in [-0.2, 0) is 9.53 Å². The van der Waals surface area contributed by atoms with E-state index in [2.05, 4.69) is 26.8 Å². The van der Waals surface area contributed by atoms with E-state index >= 15 is 0 Å². The number of fused-ring (bicyclic) bond motifs is 1. The summed E-state index contributed by atoms with van der Waals surface area (Å²) in [5, 5.41) is 9.94. The second kappa shape index (κ2) is 6.74. The van der Waals surface area contributed by atoms with E-state index in [1.165, 1.54) is 26.1 Å². The molecule has 4 N–H and O–H groups in total. The lowest BCUT2D eigenvalue weighted by Crippen LogP contribution is -2.51. The van der Waals surface area contributed by atoms with E-state index in [4.69, 9.17) is 5.73 Å². The predicted octanol–water partition coefficient (Wildman–Crippen LogP) is 2.71. The normalized spacial score (nSPS) is 14.0. The zero-order valence-corrected chi connectivity index (χ0v) is 17.8. The predicted molar refractivity (Wildman–Crippen MR) is 111 cm³/mol. The Kier molecular flexibility index (Phi) is 4.93. The summed E-state index contributed by atoms with van der Waals surface area (Å²) < 4.78 is 64.4. The van der Waals surface area contributed by atoms with Crippen LogP contribution in [0.25, 0.3) is 22.2 Å². The summed E-state index contributed by atoms with van der Waals surface area (Å²) in [5.74, 6) is 5.08. The molecule has 0 amide bonds. The van der Waals surface area contributed by atoms with Crippen molar-refractivity contribution in [2.24, 2.45) is 0 Å². The van der Waals surface area contributed by atoms with Gasteiger partial charge in [0, 0.05) is 23.3 Å². The lowest BCUT2D eigenvalue weighted by atomic mass is 10.1. The Labute approximate surface area is 175 Å². The maximum absolute atomic E-state index is 13.7. The Morgan fingerprint density at radius 3 is 2.45 bits per heavy atom. The van der Waals surface area contributed by atoms with Gasteiger partial charge in [-0.3, -0.25) is 4.55 Å². The first-order chi connectivity index (χ1) is 14.0. The summed E-state index contributed by atoms with van der Waals surface area (Å²) in [6.45, 7) is 4.54. The highest BCUT2D eigenvalue weighted by Gasteiger charge is 2.53. The number of nitrogen functional groups attached to an aromatic ring is 1. The second-order valence-electron chi connectivity index (χ2n) is 7.70. The number of halogens is 3. The van der Waals surface area contributed by atoms with Gasteiger partial charge in [0.25, 0.3) is 0 Å². The number of aliphatic hydroxyl groups is 1. The molecule has 0 aliphatic carbocycles. The SMILES string of the molecule is Cc1cnc(N)nc1-c1cn(S(C)(=O)(O)C(F)(F)F)c2cnc(C#CC(C)(C)O)cc12. The molecule has 3 aromatic rings. The Balaban J connectivity index is 2.43. The number of rotatable bonds is 2. The molecule has 3 rings (SSSR count). The highest BCUT2D eigenvalue weighted by Crippen LogP contribution is 2.44. The van der Waals surface area contributed by atoms with Crippen molar-refractivity contribution in [1.82, 2.24) is 18.9 Å². The molecule has 0 aromatic carbocycles. The molecule has 12 heteroatoms. The summed E-state index contributed by atoms with van der Waals surface area (Å²) >= 11 is 0. The molecule has 0 radical (unpaired) electrons. The zero-order chi connectivity index (χ0) is 23.4. The van der Waals surface area contributed by atoms with Gasteiger partial charge in [0.15, 0.2) is 0 Å².